The predicted molar refractivity (Wildman–Crippen MR) is 158 cm³/mol. The number of rotatable bonds is 14. The highest BCUT2D eigenvalue weighted by atomic mass is 16.6. The highest BCUT2D eigenvalue weighted by Gasteiger charge is 2.72. The van der Waals surface area contributed by atoms with Gasteiger partial charge in [-0.1, -0.05) is 56.7 Å². The number of ether oxygens (including phenoxy) is 5. The van der Waals surface area contributed by atoms with Gasteiger partial charge in [0.25, 0.3) is 0 Å². The van der Waals surface area contributed by atoms with E-state index in [4.69, 9.17) is 23.7 Å². The molecule has 6 atom stereocenters. The van der Waals surface area contributed by atoms with Crippen LogP contribution >= 0.6 is 0 Å². The molecule has 8 heteroatoms. The average Bonchev–Trinajstić information content (AvgIpc) is 3.84. The molecule has 2 saturated heterocycles. The van der Waals surface area contributed by atoms with Gasteiger partial charge in [-0.3, -0.25) is 14.4 Å². The number of carbonyl (C=O) groups is 3. The van der Waals surface area contributed by atoms with Crippen LogP contribution in [0.25, 0.3) is 0 Å². The lowest BCUT2D eigenvalue weighted by Crippen LogP contribution is -2.55. The average molecular weight is 585 g/mol. The standard InChI is InChI=1S/C34H48O8/c1-22(2)8-14-28-33(6,42-28)31-30(38-7)26(16-17-34(31)21-40-34)41-29(37)15-13-23-9-11-24(12-10-23)18-25(35)19-39-20-27(36)32(3,4)5/h8-12,26,28,30-31H,13-21H2,1-7H3/t26-,28-,30-,31-,33-,34+/m1/s1. The molecule has 3 fully saturated rings. The van der Waals surface area contributed by atoms with Crippen LogP contribution in [0, 0.1) is 11.3 Å². The summed E-state index contributed by atoms with van der Waals surface area (Å²) in [7, 11) is 1.68. The molecule has 0 amide bonds. The maximum Gasteiger partial charge on any atom is 0.306 e. The summed E-state index contributed by atoms with van der Waals surface area (Å²) in [5, 5.41) is 0. The number of epoxide rings is 2. The normalized spacial score (nSPS) is 30.1. The predicted octanol–water partition coefficient (Wildman–Crippen LogP) is 4.98. The monoisotopic (exact) mass is 584 g/mol. The van der Waals surface area contributed by atoms with Gasteiger partial charge in [0.05, 0.1) is 18.6 Å². The highest BCUT2D eigenvalue weighted by Crippen LogP contribution is 2.59. The molecule has 8 nitrogen and oxygen atoms in total. The Kier molecular flexibility index (Phi) is 10.1. The fourth-order valence-electron chi connectivity index (χ4n) is 6.12. The SMILES string of the molecule is CO[C@@H]1[C@H](OC(=O)CCc2ccc(CC(=O)COCC(=O)C(C)(C)C)cc2)CC[C@]2(CO2)[C@H]1[C@]1(C)O[C@@H]1CC=C(C)C. The van der Waals surface area contributed by atoms with Gasteiger partial charge in [0, 0.05) is 25.4 Å². The number of benzene rings is 1. The first kappa shape index (κ1) is 32.5. The minimum atomic E-state index is -0.483. The molecule has 1 aromatic carbocycles. The maximum atomic E-state index is 12.9. The quantitative estimate of drug-likeness (QED) is 0.171. The van der Waals surface area contributed by atoms with Crippen LogP contribution in [-0.4, -0.2) is 74.0 Å². The summed E-state index contributed by atoms with van der Waals surface area (Å²) in [6.45, 7) is 12.3. The van der Waals surface area contributed by atoms with Crippen LogP contribution in [0.3, 0.4) is 0 Å². The van der Waals surface area contributed by atoms with Crippen molar-refractivity contribution in [3.63, 3.8) is 0 Å². The number of carbonyl (C=O) groups excluding carboxylic acids is 3. The van der Waals surface area contributed by atoms with E-state index in [9.17, 15) is 14.4 Å². The summed E-state index contributed by atoms with van der Waals surface area (Å²) in [4.78, 5) is 37.1. The summed E-state index contributed by atoms with van der Waals surface area (Å²) < 4.78 is 29.6. The van der Waals surface area contributed by atoms with E-state index < -0.39 is 5.41 Å². The van der Waals surface area contributed by atoms with Crippen molar-refractivity contribution in [2.75, 3.05) is 26.9 Å². The van der Waals surface area contributed by atoms with Crippen molar-refractivity contribution in [1.29, 1.82) is 0 Å². The molecule has 232 valence electrons. The molecule has 0 radical (unpaired) electrons. The van der Waals surface area contributed by atoms with Gasteiger partial charge in [-0.15, -0.1) is 0 Å². The number of ketones is 2. The second-order valence-electron chi connectivity index (χ2n) is 13.6. The smallest absolute Gasteiger partial charge is 0.306 e. The van der Waals surface area contributed by atoms with Crippen LogP contribution in [0.2, 0.25) is 0 Å². The number of methoxy groups -OCH3 is 1. The number of aryl methyl sites for hydroxylation is 1. The Bertz CT molecular complexity index is 1150. The molecule has 1 spiro atoms. The second-order valence-corrected chi connectivity index (χ2v) is 13.6. The summed E-state index contributed by atoms with van der Waals surface area (Å²) >= 11 is 0. The topological polar surface area (TPSA) is 104 Å². The lowest BCUT2D eigenvalue weighted by Gasteiger charge is -2.42. The Morgan fingerprint density at radius 2 is 1.74 bits per heavy atom. The van der Waals surface area contributed by atoms with E-state index in [2.05, 4.69) is 26.8 Å². The van der Waals surface area contributed by atoms with Crippen molar-refractivity contribution in [3.8, 4) is 0 Å². The van der Waals surface area contributed by atoms with Gasteiger partial charge in [0.15, 0.2) is 11.6 Å². The zero-order valence-electron chi connectivity index (χ0n) is 26.3. The molecular formula is C34H48O8. The van der Waals surface area contributed by atoms with Crippen LogP contribution in [-0.2, 0) is 50.9 Å². The molecule has 42 heavy (non-hydrogen) atoms. The fraction of sp³-hybridized carbons (Fsp3) is 0.676. The van der Waals surface area contributed by atoms with Crippen molar-refractivity contribution in [3.05, 3.63) is 47.0 Å². The van der Waals surface area contributed by atoms with E-state index in [1.165, 1.54) is 5.57 Å². The molecule has 0 bridgehead atoms. The number of esters is 1. The van der Waals surface area contributed by atoms with Crippen LogP contribution in [0.5, 0.6) is 0 Å². The molecule has 1 aliphatic carbocycles. The Balaban J connectivity index is 1.24. The lowest BCUT2D eigenvalue weighted by molar-refractivity contribution is -0.171. The maximum absolute atomic E-state index is 12.9. The molecule has 0 aromatic heterocycles. The first-order valence-electron chi connectivity index (χ1n) is 15.2. The molecule has 2 aliphatic heterocycles. The first-order chi connectivity index (χ1) is 19.8. The van der Waals surface area contributed by atoms with Crippen LogP contribution in [0.1, 0.15) is 78.4 Å². The second kappa shape index (κ2) is 13.1. The Morgan fingerprint density at radius 1 is 1.07 bits per heavy atom. The van der Waals surface area contributed by atoms with Gasteiger partial charge >= 0.3 is 5.97 Å². The molecular weight excluding hydrogens is 536 g/mol. The Morgan fingerprint density at radius 3 is 2.33 bits per heavy atom. The minimum absolute atomic E-state index is 0.00301. The molecule has 0 unspecified atom stereocenters. The number of hydrogen-bond acceptors (Lipinski definition) is 8. The van der Waals surface area contributed by atoms with Crippen LogP contribution in [0.4, 0.5) is 0 Å². The molecule has 1 saturated carbocycles. The third-order valence-electron chi connectivity index (χ3n) is 8.89. The molecule has 0 N–H and O–H groups in total. The van der Waals surface area contributed by atoms with Crippen LogP contribution in [0.15, 0.2) is 35.9 Å². The van der Waals surface area contributed by atoms with Gasteiger partial charge in [0.1, 0.15) is 36.6 Å². The molecule has 2 heterocycles. The minimum Gasteiger partial charge on any atom is -0.460 e. The van der Waals surface area contributed by atoms with Gasteiger partial charge < -0.3 is 23.7 Å². The van der Waals surface area contributed by atoms with Crippen molar-refractivity contribution in [1.82, 2.24) is 0 Å². The number of Topliss-reactive ketones (excluding diaryl/α,β-unsaturated/α-hetero) is 2. The molecule has 3 aliphatic rings. The fourth-order valence-corrected chi connectivity index (χ4v) is 6.12. The zero-order chi connectivity index (χ0) is 30.7. The highest BCUT2D eigenvalue weighted by molar-refractivity contribution is 5.86. The van der Waals surface area contributed by atoms with E-state index in [1.807, 2.05) is 45.0 Å². The van der Waals surface area contributed by atoms with Gasteiger partial charge in [-0.25, -0.2) is 0 Å². The summed E-state index contributed by atoms with van der Waals surface area (Å²) in [6, 6.07) is 7.65. The van der Waals surface area contributed by atoms with Crippen LogP contribution < -0.4 is 0 Å². The molecule has 4 rings (SSSR count). The number of hydrogen-bond donors (Lipinski definition) is 0. The van der Waals surface area contributed by atoms with Crippen molar-refractivity contribution >= 4 is 17.5 Å². The summed E-state index contributed by atoms with van der Waals surface area (Å²) in [5.41, 5.74) is 2.02. The van der Waals surface area contributed by atoms with Crippen molar-refractivity contribution in [2.24, 2.45) is 11.3 Å². The van der Waals surface area contributed by atoms with Crippen molar-refractivity contribution < 1.29 is 38.1 Å². The third-order valence-corrected chi connectivity index (χ3v) is 8.89. The van der Waals surface area contributed by atoms with E-state index >= 15 is 0 Å². The summed E-state index contributed by atoms with van der Waals surface area (Å²) in [6.07, 6.45) is 5.07. The van der Waals surface area contributed by atoms with Crippen molar-refractivity contribution in [2.45, 2.75) is 110 Å². The largest absolute Gasteiger partial charge is 0.460 e. The Hall–Kier alpha value is -2.39. The number of allylic oxidation sites excluding steroid dienone is 1. The Labute approximate surface area is 250 Å². The van der Waals surface area contributed by atoms with Gasteiger partial charge in [-0.2, -0.15) is 0 Å². The summed E-state index contributed by atoms with van der Waals surface area (Å²) in [5.74, 6) is -0.372. The lowest BCUT2D eigenvalue weighted by atomic mass is 9.68. The first-order valence-corrected chi connectivity index (χ1v) is 15.2. The van der Waals surface area contributed by atoms with Gasteiger partial charge in [0.2, 0.25) is 0 Å². The zero-order valence-corrected chi connectivity index (χ0v) is 26.3. The van der Waals surface area contributed by atoms with E-state index in [0.29, 0.717) is 19.4 Å². The van der Waals surface area contributed by atoms with E-state index in [1.54, 1.807) is 7.11 Å². The third kappa shape index (κ3) is 7.95. The molecule has 1 aromatic rings. The van der Waals surface area contributed by atoms with E-state index in [-0.39, 0.29) is 79.0 Å². The van der Waals surface area contributed by atoms with Gasteiger partial charge in [-0.05, 0) is 57.6 Å². The van der Waals surface area contributed by atoms with E-state index in [0.717, 1.165) is 24.0 Å².